The van der Waals surface area contributed by atoms with Gasteiger partial charge in [0.2, 0.25) is 17.7 Å². The molecule has 6 atom stereocenters. The molecule has 3 amide bonds. The molecule has 4 rings (SSSR count). The molecule has 0 aliphatic carbocycles. The molecule has 2 bridgehead atoms. The van der Waals surface area contributed by atoms with Crippen LogP contribution in [0.4, 0.5) is 5.69 Å². The number of aliphatic hydroxyl groups excluding tert-OH is 1. The van der Waals surface area contributed by atoms with E-state index in [2.05, 4.69) is 10.6 Å². The Morgan fingerprint density at radius 2 is 2.00 bits per heavy atom. The van der Waals surface area contributed by atoms with Gasteiger partial charge in [-0.3, -0.25) is 14.4 Å². The second-order valence-corrected chi connectivity index (χ2v) is 11.5. The van der Waals surface area contributed by atoms with Crippen LogP contribution in [0.15, 0.2) is 18.2 Å². The number of rotatable bonds is 6. The van der Waals surface area contributed by atoms with Crippen molar-refractivity contribution in [1.29, 1.82) is 0 Å². The van der Waals surface area contributed by atoms with E-state index in [1.807, 2.05) is 45.9 Å². The van der Waals surface area contributed by atoms with E-state index in [4.69, 9.17) is 0 Å². The molecule has 1 aromatic carbocycles. The Bertz CT molecular complexity index is 965. The molecule has 2 unspecified atom stereocenters. The number of likely N-dealkylation sites (tertiary alicyclic amines) is 1. The summed E-state index contributed by atoms with van der Waals surface area (Å²) in [5, 5.41) is 15.9. The molecule has 0 radical (unpaired) electrons. The molecule has 174 valence electrons. The van der Waals surface area contributed by atoms with Gasteiger partial charge in [0.25, 0.3) is 0 Å². The highest BCUT2D eigenvalue weighted by atomic mass is 32.2. The number of carbonyl (C=O) groups excluding carboxylic acids is 3. The van der Waals surface area contributed by atoms with E-state index < -0.39 is 28.7 Å². The maximum Gasteiger partial charge on any atom is 0.248 e. The standard InChI is InChI=1S/C24H33N3O4S/c1-6-15(12-28)27-19(21(30)26-16-11-13(2)7-8-14(16)3)24-10-9-23(4,32-24)17(20(29)25-5)18(24)22(27)31/h7-8,11,15,17-19,28H,6,9-10,12H2,1-5H3,(H,25,29)(H,26,30)/t15-,17-,18-,19?,23+,24?/m0/s1. The van der Waals surface area contributed by atoms with Crippen molar-refractivity contribution in [2.24, 2.45) is 11.8 Å². The molecule has 1 aromatic rings. The molecule has 0 aromatic heterocycles. The molecule has 3 heterocycles. The van der Waals surface area contributed by atoms with E-state index >= 15 is 0 Å². The molecule has 7 nitrogen and oxygen atoms in total. The summed E-state index contributed by atoms with van der Waals surface area (Å²) in [6, 6.07) is 4.69. The van der Waals surface area contributed by atoms with E-state index in [-0.39, 0.29) is 29.1 Å². The monoisotopic (exact) mass is 459 g/mol. The van der Waals surface area contributed by atoms with Crippen molar-refractivity contribution < 1.29 is 19.5 Å². The Kier molecular flexibility index (Phi) is 5.82. The van der Waals surface area contributed by atoms with Gasteiger partial charge in [0.05, 0.1) is 29.2 Å². The third kappa shape index (κ3) is 3.17. The number of carbonyl (C=O) groups is 3. The summed E-state index contributed by atoms with van der Waals surface area (Å²) in [4.78, 5) is 42.2. The Labute approximate surface area is 193 Å². The minimum atomic E-state index is -0.738. The fourth-order valence-electron chi connectivity index (χ4n) is 6.10. The number of hydrogen-bond acceptors (Lipinski definition) is 5. The van der Waals surface area contributed by atoms with Gasteiger partial charge in [-0.1, -0.05) is 19.1 Å². The summed E-state index contributed by atoms with van der Waals surface area (Å²) in [6.45, 7) is 7.64. The number of nitrogens with zero attached hydrogens (tertiary/aromatic N) is 1. The van der Waals surface area contributed by atoms with Crippen molar-refractivity contribution in [2.45, 2.75) is 68.5 Å². The second-order valence-electron chi connectivity index (χ2n) is 9.64. The first kappa shape index (κ1) is 23.1. The predicted molar refractivity (Wildman–Crippen MR) is 125 cm³/mol. The molecular weight excluding hydrogens is 426 g/mol. The summed E-state index contributed by atoms with van der Waals surface area (Å²) in [5.74, 6) is -1.63. The molecule has 3 aliphatic rings. The van der Waals surface area contributed by atoms with Gasteiger partial charge in [-0.15, -0.1) is 11.8 Å². The van der Waals surface area contributed by atoms with Crippen LogP contribution in [-0.4, -0.2) is 63.0 Å². The second kappa shape index (κ2) is 8.06. The van der Waals surface area contributed by atoms with E-state index in [0.717, 1.165) is 23.2 Å². The van der Waals surface area contributed by atoms with E-state index in [1.54, 1.807) is 23.7 Å². The predicted octanol–water partition coefficient (Wildman–Crippen LogP) is 2.24. The summed E-state index contributed by atoms with van der Waals surface area (Å²) in [6.07, 6.45) is 2.00. The zero-order valence-electron chi connectivity index (χ0n) is 19.4. The van der Waals surface area contributed by atoms with Gasteiger partial charge in [-0.2, -0.15) is 0 Å². The number of fused-ring (bicyclic) bond motifs is 1. The third-order valence-electron chi connectivity index (χ3n) is 7.72. The highest BCUT2D eigenvalue weighted by Gasteiger charge is 2.77. The van der Waals surface area contributed by atoms with Crippen molar-refractivity contribution in [2.75, 3.05) is 19.0 Å². The molecular formula is C24H33N3O4S. The largest absolute Gasteiger partial charge is 0.394 e. The Hall–Kier alpha value is -2.06. The highest BCUT2D eigenvalue weighted by Crippen LogP contribution is 2.71. The van der Waals surface area contributed by atoms with Gasteiger partial charge in [-0.25, -0.2) is 0 Å². The van der Waals surface area contributed by atoms with Gasteiger partial charge in [0, 0.05) is 17.5 Å². The number of hydrogen-bond donors (Lipinski definition) is 3. The smallest absolute Gasteiger partial charge is 0.248 e. The van der Waals surface area contributed by atoms with Crippen LogP contribution in [0.5, 0.6) is 0 Å². The highest BCUT2D eigenvalue weighted by molar-refractivity contribution is 8.02. The van der Waals surface area contributed by atoms with Gasteiger partial charge >= 0.3 is 0 Å². The number of benzene rings is 1. The van der Waals surface area contributed by atoms with Gasteiger partial charge in [-0.05, 0) is 57.2 Å². The first-order valence-corrected chi connectivity index (χ1v) is 12.2. The number of anilines is 1. The van der Waals surface area contributed by atoms with Crippen molar-refractivity contribution in [3.63, 3.8) is 0 Å². The van der Waals surface area contributed by atoms with Crippen molar-refractivity contribution in [3.05, 3.63) is 29.3 Å². The number of amides is 3. The Morgan fingerprint density at radius 1 is 1.28 bits per heavy atom. The van der Waals surface area contributed by atoms with Gasteiger partial charge < -0.3 is 20.6 Å². The minimum Gasteiger partial charge on any atom is -0.394 e. The molecule has 3 N–H and O–H groups in total. The summed E-state index contributed by atoms with van der Waals surface area (Å²) in [7, 11) is 1.60. The van der Waals surface area contributed by atoms with Crippen LogP contribution >= 0.6 is 11.8 Å². The molecule has 8 heteroatoms. The van der Waals surface area contributed by atoms with Crippen molar-refractivity contribution in [3.8, 4) is 0 Å². The van der Waals surface area contributed by atoms with E-state index in [9.17, 15) is 19.5 Å². The zero-order chi connectivity index (χ0) is 23.4. The van der Waals surface area contributed by atoms with Gasteiger partial charge in [0.1, 0.15) is 6.04 Å². The normalized spacial score (nSPS) is 33.9. The van der Waals surface area contributed by atoms with Crippen molar-refractivity contribution in [1.82, 2.24) is 10.2 Å². The van der Waals surface area contributed by atoms with Crippen LogP contribution in [-0.2, 0) is 14.4 Å². The topological polar surface area (TPSA) is 98.7 Å². The molecule has 0 saturated carbocycles. The maximum atomic E-state index is 13.8. The lowest BCUT2D eigenvalue weighted by Crippen LogP contribution is -2.54. The van der Waals surface area contributed by atoms with Crippen LogP contribution in [0.1, 0.15) is 44.2 Å². The quantitative estimate of drug-likeness (QED) is 0.606. The van der Waals surface area contributed by atoms with Crippen LogP contribution < -0.4 is 10.6 Å². The minimum absolute atomic E-state index is 0.146. The van der Waals surface area contributed by atoms with E-state index in [1.165, 1.54) is 0 Å². The average molecular weight is 460 g/mol. The lowest BCUT2D eigenvalue weighted by atomic mass is 9.66. The summed E-state index contributed by atoms with van der Waals surface area (Å²) < 4.78 is -1.06. The van der Waals surface area contributed by atoms with Crippen LogP contribution in [0, 0.1) is 25.7 Å². The summed E-state index contributed by atoms with van der Waals surface area (Å²) >= 11 is 1.64. The van der Waals surface area contributed by atoms with Gasteiger partial charge in [0.15, 0.2) is 0 Å². The molecule has 3 fully saturated rings. The van der Waals surface area contributed by atoms with Crippen LogP contribution in [0.2, 0.25) is 0 Å². The number of thioether (sulfide) groups is 1. The van der Waals surface area contributed by atoms with E-state index in [0.29, 0.717) is 12.8 Å². The average Bonchev–Trinajstić information content (AvgIpc) is 3.32. The van der Waals surface area contributed by atoms with Crippen LogP contribution in [0.25, 0.3) is 0 Å². The maximum absolute atomic E-state index is 13.8. The molecule has 3 saturated heterocycles. The fraction of sp³-hybridized carbons (Fsp3) is 0.625. The lowest BCUT2D eigenvalue weighted by Gasteiger charge is -2.36. The number of aryl methyl sites for hydroxylation is 2. The lowest BCUT2D eigenvalue weighted by molar-refractivity contribution is -0.142. The number of nitrogens with one attached hydrogen (secondary N) is 2. The zero-order valence-corrected chi connectivity index (χ0v) is 20.2. The third-order valence-corrected chi connectivity index (χ3v) is 9.70. The molecule has 3 aliphatic heterocycles. The summed E-state index contributed by atoms with van der Waals surface area (Å²) in [5.41, 5.74) is 2.71. The molecule has 32 heavy (non-hydrogen) atoms. The van der Waals surface area contributed by atoms with Crippen LogP contribution in [0.3, 0.4) is 0 Å². The van der Waals surface area contributed by atoms with Crippen molar-refractivity contribution >= 4 is 35.2 Å². The first-order chi connectivity index (χ1) is 15.1. The molecule has 1 spiro atoms. The number of aliphatic hydroxyl groups is 1. The SMILES string of the molecule is CC[C@@H](CO)N1C(=O)[C@@H]2[C@@H](C(=O)NC)[C@@]3(C)CCC2(S3)C1C(=O)Nc1cc(C)ccc1C. The Balaban J connectivity index is 1.79. The Morgan fingerprint density at radius 3 is 2.62 bits per heavy atom. The first-order valence-electron chi connectivity index (χ1n) is 11.4. The fourth-order valence-corrected chi connectivity index (χ4v) is 8.44.